The maximum Gasteiger partial charge on any atom is 0.287 e. The number of hydrogen-bond acceptors (Lipinski definition) is 5. The summed E-state index contributed by atoms with van der Waals surface area (Å²) < 4.78 is 10.3. The van der Waals surface area contributed by atoms with Crippen LogP contribution in [0.2, 0.25) is 0 Å². The number of hydrazone groups is 1. The molecule has 0 aliphatic heterocycles. The highest BCUT2D eigenvalue weighted by Gasteiger charge is 2.14. The van der Waals surface area contributed by atoms with Crippen LogP contribution in [0.1, 0.15) is 21.5 Å². The van der Waals surface area contributed by atoms with Gasteiger partial charge in [0.05, 0.1) is 20.4 Å². The third kappa shape index (κ3) is 6.30. The second kappa shape index (κ2) is 11.1. The second-order valence-electron chi connectivity index (χ2n) is 6.63. The number of methoxy groups -OCH3 is 2. The van der Waals surface area contributed by atoms with Crippen molar-refractivity contribution in [3.8, 4) is 11.5 Å². The molecule has 0 unspecified atom stereocenters. The number of nitrogens with zero attached hydrogens (tertiary/aromatic N) is 1. The number of benzene rings is 3. The number of carbonyl (C=O) groups excluding carboxylic acids is 2. The molecular formula is C25H23N3O4. The molecule has 3 aromatic carbocycles. The molecule has 0 bridgehead atoms. The highest BCUT2D eigenvalue weighted by Crippen LogP contribution is 2.14. The average Bonchev–Trinajstić information content (AvgIpc) is 2.84. The predicted octanol–water partition coefficient (Wildman–Crippen LogP) is 3.63. The summed E-state index contributed by atoms with van der Waals surface area (Å²) in [5.74, 6) is 0.390. The van der Waals surface area contributed by atoms with Crippen molar-refractivity contribution < 1.29 is 19.1 Å². The maximum absolute atomic E-state index is 12.8. The van der Waals surface area contributed by atoms with Gasteiger partial charge in [-0.3, -0.25) is 9.59 Å². The molecule has 0 atom stereocenters. The summed E-state index contributed by atoms with van der Waals surface area (Å²) in [6, 6.07) is 23.0. The van der Waals surface area contributed by atoms with E-state index >= 15 is 0 Å². The van der Waals surface area contributed by atoms with Crippen LogP contribution in [-0.2, 0) is 4.79 Å². The number of hydrogen-bond donors (Lipinski definition) is 2. The van der Waals surface area contributed by atoms with Gasteiger partial charge in [0.25, 0.3) is 11.8 Å². The molecule has 0 saturated heterocycles. The van der Waals surface area contributed by atoms with Crippen molar-refractivity contribution >= 4 is 24.1 Å². The number of carbonyl (C=O) groups is 2. The third-order valence-electron chi connectivity index (χ3n) is 4.43. The van der Waals surface area contributed by atoms with Gasteiger partial charge in [-0.2, -0.15) is 5.10 Å². The summed E-state index contributed by atoms with van der Waals surface area (Å²) in [4.78, 5) is 25.4. The predicted molar refractivity (Wildman–Crippen MR) is 124 cm³/mol. The van der Waals surface area contributed by atoms with E-state index in [1.165, 1.54) is 6.21 Å². The lowest BCUT2D eigenvalue weighted by Crippen LogP contribution is -2.32. The summed E-state index contributed by atoms with van der Waals surface area (Å²) in [6.07, 6.45) is 3.06. The number of rotatable bonds is 8. The van der Waals surface area contributed by atoms with Crippen LogP contribution in [0.4, 0.5) is 0 Å². The minimum absolute atomic E-state index is 0.0480. The van der Waals surface area contributed by atoms with E-state index in [-0.39, 0.29) is 5.70 Å². The van der Waals surface area contributed by atoms with Crippen molar-refractivity contribution in [1.82, 2.24) is 10.7 Å². The van der Waals surface area contributed by atoms with E-state index in [1.807, 2.05) is 24.3 Å². The van der Waals surface area contributed by atoms with Crippen LogP contribution in [0.3, 0.4) is 0 Å². The summed E-state index contributed by atoms with van der Waals surface area (Å²) in [5, 5.41) is 6.66. The van der Waals surface area contributed by atoms with Crippen molar-refractivity contribution in [2.45, 2.75) is 0 Å². The van der Waals surface area contributed by atoms with Gasteiger partial charge < -0.3 is 14.8 Å². The molecular weight excluding hydrogens is 406 g/mol. The zero-order valence-electron chi connectivity index (χ0n) is 17.7. The molecule has 0 radical (unpaired) electrons. The van der Waals surface area contributed by atoms with Crippen LogP contribution in [0, 0.1) is 0 Å². The Morgan fingerprint density at radius 2 is 1.53 bits per heavy atom. The highest BCUT2D eigenvalue weighted by molar-refractivity contribution is 6.05. The molecule has 3 aromatic rings. The lowest BCUT2D eigenvalue weighted by Gasteiger charge is -2.09. The fraction of sp³-hybridized carbons (Fsp3) is 0.0800. The fourth-order valence-corrected chi connectivity index (χ4v) is 2.76. The molecule has 32 heavy (non-hydrogen) atoms. The van der Waals surface area contributed by atoms with Crippen LogP contribution < -0.4 is 20.2 Å². The Morgan fingerprint density at radius 1 is 0.812 bits per heavy atom. The van der Waals surface area contributed by atoms with Crippen LogP contribution in [0.5, 0.6) is 11.5 Å². The molecule has 0 aromatic heterocycles. The monoisotopic (exact) mass is 429 g/mol. The van der Waals surface area contributed by atoms with Crippen LogP contribution in [0.15, 0.2) is 89.7 Å². The van der Waals surface area contributed by atoms with Crippen molar-refractivity contribution in [1.29, 1.82) is 0 Å². The number of amides is 2. The quantitative estimate of drug-likeness (QED) is 0.325. The fourth-order valence-electron chi connectivity index (χ4n) is 2.76. The zero-order valence-corrected chi connectivity index (χ0v) is 17.7. The lowest BCUT2D eigenvalue weighted by molar-refractivity contribution is -0.117. The molecule has 0 fully saturated rings. The Hall–Kier alpha value is -4.39. The van der Waals surface area contributed by atoms with E-state index in [1.54, 1.807) is 74.9 Å². The summed E-state index contributed by atoms with van der Waals surface area (Å²) in [5.41, 5.74) is 4.39. The van der Waals surface area contributed by atoms with Crippen LogP contribution in [0.25, 0.3) is 6.08 Å². The van der Waals surface area contributed by atoms with Gasteiger partial charge in [0.1, 0.15) is 17.2 Å². The first-order valence-corrected chi connectivity index (χ1v) is 9.78. The molecule has 2 amide bonds. The van der Waals surface area contributed by atoms with Crippen molar-refractivity contribution in [3.05, 3.63) is 101 Å². The highest BCUT2D eigenvalue weighted by atomic mass is 16.5. The van der Waals surface area contributed by atoms with Crippen LogP contribution >= 0.6 is 0 Å². The van der Waals surface area contributed by atoms with Gasteiger partial charge in [-0.05, 0) is 53.6 Å². The van der Waals surface area contributed by atoms with Gasteiger partial charge in [0.2, 0.25) is 0 Å². The first kappa shape index (κ1) is 22.3. The summed E-state index contributed by atoms with van der Waals surface area (Å²) in [7, 11) is 3.15. The molecule has 3 rings (SSSR count). The number of nitrogens with one attached hydrogen (secondary N) is 2. The van der Waals surface area contributed by atoms with Gasteiger partial charge in [0, 0.05) is 5.56 Å². The Bertz CT molecular complexity index is 1120. The largest absolute Gasteiger partial charge is 0.497 e. The molecule has 2 N–H and O–H groups in total. The molecule has 0 aliphatic carbocycles. The minimum Gasteiger partial charge on any atom is -0.497 e. The van der Waals surface area contributed by atoms with Gasteiger partial charge in [-0.1, -0.05) is 42.5 Å². The van der Waals surface area contributed by atoms with E-state index in [0.717, 1.165) is 5.56 Å². The molecule has 0 saturated carbocycles. The first-order valence-electron chi connectivity index (χ1n) is 9.78. The SMILES string of the molecule is COc1ccc(/C=C(\NC(=O)c2ccccc2)C(=O)NN=Cc2cccc(OC)c2)cc1. The average molecular weight is 429 g/mol. The van der Waals surface area contributed by atoms with Crippen LogP contribution in [-0.4, -0.2) is 32.2 Å². The molecule has 162 valence electrons. The molecule has 0 aliphatic rings. The molecule has 7 heteroatoms. The summed E-state index contributed by atoms with van der Waals surface area (Å²) >= 11 is 0. The van der Waals surface area contributed by atoms with Gasteiger partial charge in [-0.15, -0.1) is 0 Å². The van der Waals surface area contributed by atoms with Gasteiger partial charge >= 0.3 is 0 Å². The summed E-state index contributed by atoms with van der Waals surface area (Å²) in [6.45, 7) is 0. The van der Waals surface area contributed by atoms with E-state index in [9.17, 15) is 9.59 Å². The number of ether oxygens (including phenoxy) is 2. The smallest absolute Gasteiger partial charge is 0.287 e. The Labute approximate surface area is 186 Å². The van der Waals surface area contributed by atoms with Gasteiger partial charge in [0.15, 0.2) is 0 Å². The Morgan fingerprint density at radius 3 is 2.22 bits per heavy atom. The third-order valence-corrected chi connectivity index (χ3v) is 4.43. The van der Waals surface area contributed by atoms with E-state index in [0.29, 0.717) is 22.6 Å². The van der Waals surface area contributed by atoms with Gasteiger partial charge in [-0.25, -0.2) is 5.43 Å². The topological polar surface area (TPSA) is 89.0 Å². The van der Waals surface area contributed by atoms with Crippen molar-refractivity contribution in [2.75, 3.05) is 14.2 Å². The maximum atomic E-state index is 12.8. The van der Waals surface area contributed by atoms with E-state index in [4.69, 9.17) is 9.47 Å². The molecule has 0 spiro atoms. The zero-order chi connectivity index (χ0) is 22.8. The molecule has 0 heterocycles. The Kier molecular flexibility index (Phi) is 7.75. The van der Waals surface area contributed by atoms with Crippen molar-refractivity contribution in [2.24, 2.45) is 5.10 Å². The molecule has 7 nitrogen and oxygen atoms in total. The lowest BCUT2D eigenvalue weighted by atomic mass is 10.1. The second-order valence-corrected chi connectivity index (χ2v) is 6.63. The van der Waals surface area contributed by atoms with E-state index in [2.05, 4.69) is 15.8 Å². The normalized spacial score (nSPS) is 11.1. The standard InChI is InChI=1S/C25H23N3O4/c1-31-21-13-11-18(12-14-21)16-23(27-24(29)20-8-4-3-5-9-20)25(30)28-26-17-19-7-6-10-22(15-19)32-2/h3-17H,1-2H3,(H,27,29)(H,28,30)/b23-16-,26-17?. The van der Waals surface area contributed by atoms with Crippen molar-refractivity contribution in [3.63, 3.8) is 0 Å². The Balaban J connectivity index is 1.79. The van der Waals surface area contributed by atoms with E-state index < -0.39 is 11.8 Å². The minimum atomic E-state index is -0.566. The first-order chi connectivity index (χ1) is 15.6.